The van der Waals surface area contributed by atoms with Crippen LogP contribution in [0, 0.1) is 19.7 Å². The maximum atomic E-state index is 13.6. The molecule has 0 aliphatic heterocycles. The third kappa shape index (κ3) is 1.68. The smallest absolute Gasteiger partial charge is 0.140 e. The Bertz CT molecular complexity index is 728. The van der Waals surface area contributed by atoms with Crippen molar-refractivity contribution in [3.8, 4) is 11.3 Å². The summed E-state index contributed by atoms with van der Waals surface area (Å²) >= 11 is 0. The Morgan fingerprint density at radius 1 is 1.11 bits per heavy atom. The Balaban J connectivity index is 2.19. The highest BCUT2D eigenvalue weighted by Crippen LogP contribution is 2.22. The van der Waals surface area contributed by atoms with Crippen molar-refractivity contribution in [2.24, 2.45) is 0 Å². The lowest BCUT2D eigenvalue weighted by Crippen LogP contribution is -1.84. The van der Waals surface area contributed by atoms with E-state index in [0.717, 1.165) is 22.5 Å². The first kappa shape index (κ1) is 11.0. The van der Waals surface area contributed by atoms with Gasteiger partial charge in [0, 0.05) is 18.0 Å². The number of fused-ring (bicyclic) bond motifs is 1. The van der Waals surface area contributed by atoms with Gasteiger partial charge in [0.05, 0.1) is 5.69 Å². The SMILES string of the molecule is Cc1ccc(-c2cn3cccc(C)c3n2)cc1F. The van der Waals surface area contributed by atoms with Gasteiger partial charge in [0.1, 0.15) is 11.5 Å². The van der Waals surface area contributed by atoms with Crippen LogP contribution in [-0.2, 0) is 0 Å². The van der Waals surface area contributed by atoms with Gasteiger partial charge in [-0.2, -0.15) is 0 Å². The summed E-state index contributed by atoms with van der Waals surface area (Å²) in [6, 6.07) is 9.20. The molecule has 0 radical (unpaired) electrons. The normalized spacial score (nSPS) is 11.1. The molecular weight excluding hydrogens is 227 g/mol. The summed E-state index contributed by atoms with van der Waals surface area (Å²) in [5.41, 5.74) is 4.27. The molecule has 2 heterocycles. The molecule has 0 amide bonds. The van der Waals surface area contributed by atoms with Crippen molar-refractivity contribution in [1.29, 1.82) is 0 Å². The number of hydrogen-bond donors (Lipinski definition) is 0. The fourth-order valence-electron chi connectivity index (χ4n) is 2.04. The van der Waals surface area contributed by atoms with E-state index in [-0.39, 0.29) is 5.82 Å². The van der Waals surface area contributed by atoms with E-state index >= 15 is 0 Å². The Morgan fingerprint density at radius 3 is 2.67 bits per heavy atom. The molecular formula is C15H13FN2. The van der Waals surface area contributed by atoms with Crippen molar-refractivity contribution >= 4 is 5.65 Å². The highest BCUT2D eigenvalue weighted by atomic mass is 19.1. The van der Waals surface area contributed by atoms with Crippen LogP contribution in [0.4, 0.5) is 4.39 Å². The summed E-state index contributed by atoms with van der Waals surface area (Å²) in [7, 11) is 0. The number of benzene rings is 1. The monoisotopic (exact) mass is 240 g/mol. The highest BCUT2D eigenvalue weighted by Gasteiger charge is 2.07. The second kappa shape index (κ2) is 3.95. The fourth-order valence-corrected chi connectivity index (χ4v) is 2.04. The summed E-state index contributed by atoms with van der Waals surface area (Å²) in [4.78, 5) is 4.55. The molecule has 0 fully saturated rings. The first-order valence-corrected chi connectivity index (χ1v) is 5.86. The molecule has 18 heavy (non-hydrogen) atoms. The maximum Gasteiger partial charge on any atom is 0.140 e. The number of nitrogens with zero attached hydrogens (tertiary/aromatic N) is 2. The van der Waals surface area contributed by atoms with E-state index in [4.69, 9.17) is 0 Å². The molecule has 0 unspecified atom stereocenters. The van der Waals surface area contributed by atoms with E-state index in [1.165, 1.54) is 6.07 Å². The lowest BCUT2D eigenvalue weighted by molar-refractivity contribution is 0.619. The van der Waals surface area contributed by atoms with Gasteiger partial charge in [-0.25, -0.2) is 9.37 Å². The van der Waals surface area contributed by atoms with E-state index < -0.39 is 0 Å². The van der Waals surface area contributed by atoms with Crippen LogP contribution < -0.4 is 0 Å². The van der Waals surface area contributed by atoms with Crippen LogP contribution in [0.1, 0.15) is 11.1 Å². The third-order valence-electron chi connectivity index (χ3n) is 3.15. The number of rotatable bonds is 1. The Morgan fingerprint density at radius 2 is 1.94 bits per heavy atom. The highest BCUT2D eigenvalue weighted by molar-refractivity contribution is 5.64. The fraction of sp³-hybridized carbons (Fsp3) is 0.133. The summed E-state index contributed by atoms with van der Waals surface area (Å²) in [6.45, 7) is 3.77. The lowest BCUT2D eigenvalue weighted by Gasteiger charge is -1.99. The molecule has 0 saturated heterocycles. The van der Waals surface area contributed by atoms with Gasteiger partial charge in [-0.05, 0) is 37.1 Å². The topological polar surface area (TPSA) is 17.3 Å². The van der Waals surface area contributed by atoms with Gasteiger partial charge >= 0.3 is 0 Å². The van der Waals surface area contributed by atoms with Gasteiger partial charge in [-0.15, -0.1) is 0 Å². The van der Waals surface area contributed by atoms with Crippen molar-refractivity contribution in [1.82, 2.24) is 9.38 Å². The molecule has 2 aromatic heterocycles. The zero-order valence-electron chi connectivity index (χ0n) is 10.3. The molecule has 0 bridgehead atoms. The van der Waals surface area contributed by atoms with Crippen LogP contribution in [0.2, 0.25) is 0 Å². The zero-order valence-corrected chi connectivity index (χ0v) is 10.3. The predicted molar refractivity (Wildman–Crippen MR) is 70.1 cm³/mol. The Kier molecular flexibility index (Phi) is 2.40. The Labute approximate surface area is 105 Å². The van der Waals surface area contributed by atoms with Gasteiger partial charge in [0.2, 0.25) is 0 Å². The minimum absolute atomic E-state index is 0.193. The summed E-state index contributed by atoms with van der Waals surface area (Å²) in [5.74, 6) is -0.193. The van der Waals surface area contributed by atoms with Crippen molar-refractivity contribution < 1.29 is 4.39 Å². The van der Waals surface area contributed by atoms with E-state index in [1.54, 1.807) is 13.0 Å². The van der Waals surface area contributed by atoms with Crippen molar-refractivity contribution in [2.45, 2.75) is 13.8 Å². The molecule has 2 nitrogen and oxygen atoms in total. The van der Waals surface area contributed by atoms with Crippen molar-refractivity contribution in [3.63, 3.8) is 0 Å². The van der Waals surface area contributed by atoms with Crippen LogP contribution in [0.5, 0.6) is 0 Å². The van der Waals surface area contributed by atoms with E-state index in [2.05, 4.69) is 4.98 Å². The minimum atomic E-state index is -0.193. The molecule has 1 aromatic carbocycles. The molecule has 3 heteroatoms. The van der Waals surface area contributed by atoms with Crippen molar-refractivity contribution in [3.05, 3.63) is 59.7 Å². The predicted octanol–water partition coefficient (Wildman–Crippen LogP) is 3.76. The third-order valence-corrected chi connectivity index (χ3v) is 3.15. The second-order valence-electron chi connectivity index (χ2n) is 4.51. The standard InChI is InChI=1S/C15H13FN2/c1-10-5-6-12(8-13(10)16)14-9-18-7-3-4-11(2)15(18)17-14/h3-9H,1-2H3. The number of imidazole rings is 1. The minimum Gasteiger partial charge on any atom is -0.306 e. The molecule has 3 aromatic rings. The maximum absolute atomic E-state index is 13.6. The van der Waals surface area contributed by atoms with Gasteiger partial charge in [0.15, 0.2) is 0 Å². The summed E-state index contributed by atoms with van der Waals surface area (Å²) in [6.07, 6.45) is 3.87. The number of aryl methyl sites for hydroxylation is 2. The number of pyridine rings is 1. The molecule has 0 atom stereocenters. The second-order valence-corrected chi connectivity index (χ2v) is 4.51. The van der Waals surface area contributed by atoms with Gasteiger partial charge < -0.3 is 4.40 Å². The van der Waals surface area contributed by atoms with E-state index in [1.807, 2.05) is 41.9 Å². The van der Waals surface area contributed by atoms with Gasteiger partial charge in [0.25, 0.3) is 0 Å². The van der Waals surface area contributed by atoms with Crippen LogP contribution in [-0.4, -0.2) is 9.38 Å². The number of hydrogen-bond acceptors (Lipinski definition) is 1. The molecule has 0 saturated carbocycles. The van der Waals surface area contributed by atoms with Crippen molar-refractivity contribution in [2.75, 3.05) is 0 Å². The summed E-state index contributed by atoms with van der Waals surface area (Å²) in [5, 5.41) is 0. The number of aromatic nitrogens is 2. The molecule has 0 spiro atoms. The first-order valence-electron chi connectivity index (χ1n) is 5.86. The van der Waals surface area contributed by atoms with Crippen LogP contribution >= 0.6 is 0 Å². The van der Waals surface area contributed by atoms with Crippen LogP contribution in [0.25, 0.3) is 16.9 Å². The molecule has 90 valence electrons. The Hall–Kier alpha value is -2.16. The van der Waals surface area contributed by atoms with E-state index in [0.29, 0.717) is 5.56 Å². The van der Waals surface area contributed by atoms with Crippen LogP contribution in [0.3, 0.4) is 0 Å². The van der Waals surface area contributed by atoms with Gasteiger partial charge in [-0.1, -0.05) is 18.2 Å². The molecule has 0 aliphatic carbocycles. The molecule has 0 aliphatic rings. The molecule has 3 rings (SSSR count). The average molecular weight is 240 g/mol. The zero-order chi connectivity index (χ0) is 12.7. The largest absolute Gasteiger partial charge is 0.306 e. The summed E-state index contributed by atoms with van der Waals surface area (Å²) < 4.78 is 15.5. The van der Waals surface area contributed by atoms with E-state index in [9.17, 15) is 4.39 Å². The number of halogens is 1. The van der Waals surface area contributed by atoms with Crippen LogP contribution in [0.15, 0.2) is 42.7 Å². The average Bonchev–Trinajstić information content (AvgIpc) is 2.78. The lowest BCUT2D eigenvalue weighted by atomic mass is 10.1. The first-order chi connectivity index (χ1) is 8.65. The quantitative estimate of drug-likeness (QED) is 0.633. The molecule has 0 N–H and O–H groups in total. The van der Waals surface area contributed by atoms with Gasteiger partial charge in [-0.3, -0.25) is 0 Å².